The first-order valence-electron chi connectivity index (χ1n) is 14.1. The average molecular weight is 640 g/mol. The van der Waals surface area contributed by atoms with Crippen molar-refractivity contribution in [2.45, 2.75) is 42.5 Å². The lowest BCUT2D eigenvalue weighted by molar-refractivity contribution is 0.0278. The molecule has 0 saturated carbocycles. The van der Waals surface area contributed by atoms with Gasteiger partial charge >= 0.3 is 0 Å². The lowest BCUT2D eigenvalue weighted by atomic mass is 10.2. The summed E-state index contributed by atoms with van der Waals surface area (Å²) in [6, 6.07) is 30.5. The molecule has 4 aromatic carbocycles. The van der Waals surface area contributed by atoms with Gasteiger partial charge in [-0.3, -0.25) is 4.18 Å². The van der Waals surface area contributed by atoms with E-state index >= 15 is 0 Å². The van der Waals surface area contributed by atoms with Crippen molar-refractivity contribution < 1.29 is 35.6 Å². The van der Waals surface area contributed by atoms with E-state index in [1.54, 1.807) is 48.5 Å². The van der Waals surface area contributed by atoms with Crippen LogP contribution in [0.3, 0.4) is 0 Å². The summed E-state index contributed by atoms with van der Waals surface area (Å²) >= 11 is 0. The highest BCUT2D eigenvalue weighted by molar-refractivity contribution is 7.89. The molecule has 0 aliphatic rings. The Hall–Kier alpha value is -3.58. The third-order valence-corrected chi connectivity index (χ3v) is 9.87. The molecule has 2 atom stereocenters. The lowest BCUT2D eigenvalue weighted by Gasteiger charge is -2.28. The van der Waals surface area contributed by atoms with E-state index in [0.717, 1.165) is 21.0 Å². The van der Waals surface area contributed by atoms with Gasteiger partial charge in [-0.05, 0) is 55.8 Å². The van der Waals surface area contributed by atoms with Gasteiger partial charge < -0.3 is 14.6 Å². The van der Waals surface area contributed by atoms with Crippen LogP contribution in [0.5, 0.6) is 5.75 Å². The summed E-state index contributed by atoms with van der Waals surface area (Å²) in [5, 5.41) is 10.9. The van der Waals surface area contributed by atoms with Gasteiger partial charge in [0.25, 0.3) is 10.1 Å². The Labute approximate surface area is 259 Å². The Morgan fingerprint density at radius 1 is 0.682 bits per heavy atom. The number of aryl methyl sites for hydroxylation is 2. The molecule has 0 unspecified atom stereocenters. The Morgan fingerprint density at radius 2 is 1.23 bits per heavy atom. The van der Waals surface area contributed by atoms with Gasteiger partial charge in [-0.15, -0.1) is 0 Å². The van der Waals surface area contributed by atoms with Gasteiger partial charge in [0.15, 0.2) is 0 Å². The Kier molecular flexibility index (Phi) is 11.7. The van der Waals surface area contributed by atoms with Crippen LogP contribution < -0.4 is 4.74 Å². The molecule has 0 aliphatic heterocycles. The van der Waals surface area contributed by atoms with Gasteiger partial charge in [0, 0.05) is 13.1 Å². The third-order valence-electron chi connectivity index (χ3n) is 6.65. The molecular weight excluding hydrogens is 602 g/mol. The lowest BCUT2D eigenvalue weighted by Crippen LogP contribution is -2.45. The van der Waals surface area contributed by atoms with E-state index in [2.05, 4.69) is 0 Å². The molecule has 0 heterocycles. The molecule has 4 aromatic rings. The predicted molar refractivity (Wildman–Crippen MR) is 167 cm³/mol. The zero-order valence-electron chi connectivity index (χ0n) is 24.7. The highest BCUT2D eigenvalue weighted by Gasteiger charge is 2.32. The van der Waals surface area contributed by atoms with Crippen molar-refractivity contribution in [3.63, 3.8) is 0 Å². The minimum absolute atomic E-state index is 0.00961. The molecule has 0 amide bonds. The van der Waals surface area contributed by atoms with Crippen molar-refractivity contribution in [3.05, 3.63) is 126 Å². The fourth-order valence-corrected chi connectivity index (χ4v) is 6.85. The Bertz CT molecular complexity index is 1660. The van der Waals surface area contributed by atoms with Crippen LogP contribution >= 0.6 is 0 Å². The number of hydrogen-bond acceptors (Lipinski definition) is 8. The van der Waals surface area contributed by atoms with Crippen LogP contribution in [-0.2, 0) is 35.7 Å². The first kappa shape index (κ1) is 33.3. The number of para-hydroxylation sites is 1. The maximum atomic E-state index is 13.9. The van der Waals surface area contributed by atoms with Crippen molar-refractivity contribution in [2.75, 3.05) is 26.3 Å². The molecule has 234 valence electrons. The van der Waals surface area contributed by atoms with Gasteiger partial charge in [-0.1, -0.05) is 83.9 Å². The molecular formula is C33H37NO8S2. The van der Waals surface area contributed by atoms with E-state index in [0.29, 0.717) is 5.75 Å². The van der Waals surface area contributed by atoms with Crippen LogP contribution in [0.4, 0.5) is 0 Å². The normalized spacial score (nSPS) is 13.5. The number of hydrogen-bond donors (Lipinski definition) is 1. The van der Waals surface area contributed by atoms with Gasteiger partial charge in [0.05, 0.1) is 23.0 Å². The van der Waals surface area contributed by atoms with Gasteiger partial charge in [-0.2, -0.15) is 12.7 Å². The smallest absolute Gasteiger partial charge is 0.297 e. The van der Waals surface area contributed by atoms with E-state index in [-0.39, 0.29) is 36.2 Å². The molecule has 0 aliphatic carbocycles. The molecule has 44 heavy (non-hydrogen) atoms. The van der Waals surface area contributed by atoms with Crippen LogP contribution in [0.1, 0.15) is 16.7 Å². The largest absolute Gasteiger partial charge is 0.491 e. The maximum Gasteiger partial charge on any atom is 0.297 e. The molecule has 1 N–H and O–H groups in total. The summed E-state index contributed by atoms with van der Waals surface area (Å²) in [4.78, 5) is -0.0787. The second-order valence-corrected chi connectivity index (χ2v) is 13.9. The van der Waals surface area contributed by atoms with Crippen molar-refractivity contribution in [2.24, 2.45) is 0 Å². The van der Waals surface area contributed by atoms with Gasteiger partial charge in [0.1, 0.15) is 24.6 Å². The molecule has 4 rings (SSSR count). The molecule has 9 nitrogen and oxygen atoms in total. The minimum Gasteiger partial charge on any atom is -0.491 e. The minimum atomic E-state index is -4.30. The fourth-order valence-electron chi connectivity index (χ4n) is 4.29. The number of nitrogens with zero attached hydrogens (tertiary/aromatic N) is 1. The summed E-state index contributed by atoms with van der Waals surface area (Å²) in [6.45, 7) is 2.59. The molecule has 0 spiro atoms. The van der Waals surface area contributed by atoms with E-state index in [1.807, 2.05) is 50.2 Å². The van der Waals surface area contributed by atoms with E-state index < -0.39 is 38.9 Å². The number of ether oxygens (including phenoxy) is 2. The van der Waals surface area contributed by atoms with Crippen molar-refractivity contribution in [1.29, 1.82) is 0 Å². The number of sulfonamides is 1. The van der Waals surface area contributed by atoms with E-state index in [9.17, 15) is 21.9 Å². The van der Waals surface area contributed by atoms with Crippen LogP contribution in [0.15, 0.2) is 119 Å². The average Bonchev–Trinajstić information content (AvgIpc) is 3.01. The standard InChI is InChI=1S/C33H37NO8S2/c1-26-13-17-32(18-14-26)43(36,37)34(21-29(35)24-41-30-11-7-4-8-12-30)22-31(25-40-23-28-9-5-3-6-10-28)42-44(38,39)33-19-15-27(2)16-20-33/h3-20,29,31,35H,21-25H2,1-2H3/t29-,31-/m0/s1. The summed E-state index contributed by atoms with van der Waals surface area (Å²) < 4.78 is 72.5. The van der Waals surface area contributed by atoms with Crippen molar-refractivity contribution >= 4 is 20.1 Å². The number of aliphatic hydroxyl groups is 1. The summed E-state index contributed by atoms with van der Waals surface area (Å²) in [5.41, 5.74) is 2.59. The molecule has 0 aromatic heterocycles. The molecule has 11 heteroatoms. The zero-order chi connectivity index (χ0) is 31.6. The second kappa shape index (κ2) is 15.4. The summed E-state index contributed by atoms with van der Waals surface area (Å²) in [7, 11) is -8.50. The zero-order valence-corrected chi connectivity index (χ0v) is 26.3. The highest BCUT2D eigenvalue weighted by Crippen LogP contribution is 2.21. The quantitative estimate of drug-likeness (QED) is 0.175. The fraction of sp³-hybridized carbons (Fsp3) is 0.273. The van der Waals surface area contributed by atoms with E-state index in [1.165, 1.54) is 24.3 Å². The maximum absolute atomic E-state index is 13.9. The monoisotopic (exact) mass is 639 g/mol. The van der Waals surface area contributed by atoms with Crippen molar-refractivity contribution in [3.8, 4) is 5.75 Å². The summed E-state index contributed by atoms with van der Waals surface area (Å²) in [5.74, 6) is 0.513. The summed E-state index contributed by atoms with van der Waals surface area (Å²) in [6.07, 6.45) is -2.48. The third kappa shape index (κ3) is 9.71. The highest BCUT2D eigenvalue weighted by atomic mass is 32.2. The van der Waals surface area contributed by atoms with Gasteiger partial charge in [-0.25, -0.2) is 8.42 Å². The Morgan fingerprint density at radius 3 is 1.82 bits per heavy atom. The first-order valence-corrected chi connectivity index (χ1v) is 16.9. The number of aliphatic hydroxyl groups excluding tert-OH is 1. The molecule has 0 bridgehead atoms. The van der Waals surface area contributed by atoms with Crippen LogP contribution in [-0.4, -0.2) is 64.8 Å². The van der Waals surface area contributed by atoms with E-state index in [4.69, 9.17) is 13.7 Å². The molecule has 0 radical (unpaired) electrons. The van der Waals surface area contributed by atoms with Gasteiger partial charge in [0.2, 0.25) is 10.0 Å². The second-order valence-electron chi connectivity index (χ2n) is 10.4. The topological polar surface area (TPSA) is 119 Å². The Balaban J connectivity index is 1.60. The SMILES string of the molecule is Cc1ccc(S(=O)(=O)O[C@H](COCc2ccccc2)CN(C[C@H](O)COc2ccccc2)S(=O)(=O)c2ccc(C)cc2)cc1. The first-order chi connectivity index (χ1) is 21.0. The molecule has 0 fully saturated rings. The number of benzene rings is 4. The molecule has 0 saturated heterocycles. The van der Waals surface area contributed by atoms with Crippen LogP contribution in [0.25, 0.3) is 0 Å². The van der Waals surface area contributed by atoms with Crippen LogP contribution in [0, 0.1) is 13.8 Å². The van der Waals surface area contributed by atoms with Crippen molar-refractivity contribution in [1.82, 2.24) is 4.31 Å². The number of rotatable bonds is 16. The van der Waals surface area contributed by atoms with Crippen LogP contribution in [0.2, 0.25) is 0 Å². The predicted octanol–water partition coefficient (Wildman–Crippen LogP) is 4.72.